The summed E-state index contributed by atoms with van der Waals surface area (Å²) in [6, 6.07) is 18.8. The Kier molecular flexibility index (Phi) is 4.39. The number of aromatic nitrogens is 1. The number of aromatic amines is 1. The molecular weight excluding hydrogens is 286 g/mol. The van der Waals surface area contributed by atoms with E-state index in [0.717, 1.165) is 22.0 Å². The lowest BCUT2D eigenvalue weighted by Crippen LogP contribution is -2.27. The summed E-state index contributed by atoms with van der Waals surface area (Å²) in [5.41, 5.74) is 2.99. The number of benzene rings is 2. The van der Waals surface area contributed by atoms with Crippen LogP contribution in [0.15, 0.2) is 60.8 Å². The molecule has 1 aromatic heterocycles. The topological polar surface area (TPSA) is 68.7 Å². The molecule has 4 nitrogen and oxygen atoms in total. The molecule has 2 N–H and O–H groups in total. The van der Waals surface area contributed by atoms with Crippen molar-refractivity contribution in [3.63, 3.8) is 0 Å². The van der Waals surface area contributed by atoms with Crippen LogP contribution in [0.5, 0.6) is 0 Å². The van der Waals surface area contributed by atoms with Crippen LogP contribution in [-0.4, -0.2) is 10.9 Å². The molecule has 1 unspecified atom stereocenters. The van der Waals surface area contributed by atoms with Crippen molar-refractivity contribution in [2.75, 3.05) is 0 Å². The summed E-state index contributed by atoms with van der Waals surface area (Å²) >= 11 is 0. The van der Waals surface area contributed by atoms with Gasteiger partial charge < -0.3 is 10.3 Å². The molecule has 1 amide bonds. The third-order valence-corrected chi connectivity index (χ3v) is 3.86. The van der Waals surface area contributed by atoms with Crippen LogP contribution < -0.4 is 5.32 Å². The number of carbonyl (C=O) groups excluding carboxylic acids is 1. The van der Waals surface area contributed by atoms with Crippen molar-refractivity contribution in [3.05, 3.63) is 71.9 Å². The number of carbonyl (C=O) groups is 1. The van der Waals surface area contributed by atoms with Crippen LogP contribution in [0.1, 0.15) is 23.6 Å². The Hall–Kier alpha value is -3.06. The van der Waals surface area contributed by atoms with Crippen molar-refractivity contribution in [3.8, 4) is 6.07 Å². The predicted octanol–water partition coefficient (Wildman–Crippen LogP) is 3.48. The minimum atomic E-state index is -0.605. The van der Waals surface area contributed by atoms with Crippen LogP contribution in [0.3, 0.4) is 0 Å². The fourth-order valence-electron chi connectivity index (χ4n) is 2.66. The Balaban J connectivity index is 1.62. The van der Waals surface area contributed by atoms with E-state index in [1.807, 2.05) is 60.8 Å². The Bertz CT molecular complexity index is 846. The molecule has 0 saturated carbocycles. The third kappa shape index (κ3) is 3.41. The third-order valence-electron chi connectivity index (χ3n) is 3.86. The summed E-state index contributed by atoms with van der Waals surface area (Å²) in [5, 5.41) is 13.2. The van der Waals surface area contributed by atoms with Gasteiger partial charge in [-0.1, -0.05) is 48.5 Å². The van der Waals surface area contributed by atoms with E-state index in [2.05, 4.69) is 16.4 Å². The molecule has 4 heteroatoms. The van der Waals surface area contributed by atoms with Crippen molar-refractivity contribution in [2.45, 2.75) is 18.9 Å². The Morgan fingerprint density at radius 1 is 1.13 bits per heavy atom. The number of aryl methyl sites for hydroxylation is 1. The van der Waals surface area contributed by atoms with E-state index in [9.17, 15) is 10.1 Å². The molecule has 3 aromatic rings. The second kappa shape index (κ2) is 6.80. The lowest BCUT2D eigenvalue weighted by Gasteiger charge is -2.11. The van der Waals surface area contributed by atoms with Gasteiger partial charge in [0, 0.05) is 23.5 Å². The van der Waals surface area contributed by atoms with Crippen LogP contribution in [0.4, 0.5) is 0 Å². The van der Waals surface area contributed by atoms with Crippen molar-refractivity contribution < 1.29 is 4.79 Å². The van der Waals surface area contributed by atoms with Crippen LogP contribution in [0, 0.1) is 11.3 Å². The second-order valence-electron chi connectivity index (χ2n) is 5.40. The summed E-state index contributed by atoms with van der Waals surface area (Å²) in [5.74, 6) is -0.120. The van der Waals surface area contributed by atoms with Gasteiger partial charge in [0.05, 0.1) is 6.07 Å². The Labute approximate surface area is 134 Å². The number of H-pyrrole nitrogens is 1. The molecule has 0 radical (unpaired) electrons. The smallest absolute Gasteiger partial charge is 0.221 e. The van der Waals surface area contributed by atoms with E-state index < -0.39 is 6.04 Å². The minimum Gasteiger partial charge on any atom is -0.361 e. The van der Waals surface area contributed by atoms with Crippen molar-refractivity contribution in [1.29, 1.82) is 5.26 Å². The minimum absolute atomic E-state index is 0.120. The van der Waals surface area contributed by atoms with Gasteiger partial charge in [0.25, 0.3) is 0 Å². The molecule has 3 rings (SSSR count). The first-order valence-corrected chi connectivity index (χ1v) is 7.57. The first kappa shape index (κ1) is 14.9. The van der Waals surface area contributed by atoms with Crippen LogP contribution in [0.25, 0.3) is 10.9 Å². The highest BCUT2D eigenvalue weighted by Crippen LogP contribution is 2.19. The molecule has 2 aromatic carbocycles. The van der Waals surface area contributed by atoms with E-state index in [1.54, 1.807) is 0 Å². The number of para-hydroxylation sites is 1. The zero-order valence-corrected chi connectivity index (χ0v) is 12.6. The zero-order chi connectivity index (χ0) is 16.1. The van der Waals surface area contributed by atoms with Crippen molar-refractivity contribution >= 4 is 16.8 Å². The summed E-state index contributed by atoms with van der Waals surface area (Å²) in [6.07, 6.45) is 2.94. The average molecular weight is 303 g/mol. The number of rotatable bonds is 5. The quantitative estimate of drug-likeness (QED) is 0.757. The van der Waals surface area contributed by atoms with E-state index in [1.165, 1.54) is 0 Å². The van der Waals surface area contributed by atoms with E-state index in [-0.39, 0.29) is 5.91 Å². The molecule has 0 aliphatic carbocycles. The zero-order valence-electron chi connectivity index (χ0n) is 12.6. The molecule has 0 aliphatic heterocycles. The first-order chi connectivity index (χ1) is 11.3. The normalized spacial score (nSPS) is 11.8. The highest BCUT2D eigenvalue weighted by Gasteiger charge is 2.14. The molecule has 0 fully saturated rings. The van der Waals surface area contributed by atoms with Gasteiger partial charge in [-0.05, 0) is 23.6 Å². The summed E-state index contributed by atoms with van der Waals surface area (Å²) < 4.78 is 0. The molecule has 0 saturated heterocycles. The Morgan fingerprint density at radius 3 is 2.65 bits per heavy atom. The van der Waals surface area contributed by atoms with Gasteiger partial charge in [-0.2, -0.15) is 5.26 Å². The molecule has 23 heavy (non-hydrogen) atoms. The maximum Gasteiger partial charge on any atom is 0.221 e. The number of nitrogens with zero attached hydrogens (tertiary/aromatic N) is 1. The maximum absolute atomic E-state index is 12.1. The number of nitrogens with one attached hydrogen (secondary N) is 2. The van der Waals surface area contributed by atoms with Gasteiger partial charge >= 0.3 is 0 Å². The standard InChI is InChI=1S/C19H17N3O/c20-12-18(14-6-2-1-3-7-14)22-19(23)11-10-15-13-21-17-9-5-4-8-16(15)17/h1-9,13,18,21H,10-11H2,(H,22,23). The number of fused-ring (bicyclic) bond motifs is 1. The van der Waals surface area contributed by atoms with Gasteiger partial charge in [-0.25, -0.2) is 0 Å². The number of hydrogen-bond donors (Lipinski definition) is 2. The lowest BCUT2D eigenvalue weighted by molar-refractivity contribution is -0.121. The highest BCUT2D eigenvalue weighted by molar-refractivity contribution is 5.84. The summed E-state index contributed by atoms with van der Waals surface area (Å²) in [7, 11) is 0. The number of hydrogen-bond acceptors (Lipinski definition) is 2. The molecule has 0 aliphatic rings. The average Bonchev–Trinajstić information content (AvgIpc) is 3.02. The Morgan fingerprint density at radius 2 is 1.87 bits per heavy atom. The fourth-order valence-corrected chi connectivity index (χ4v) is 2.66. The molecule has 1 heterocycles. The largest absolute Gasteiger partial charge is 0.361 e. The highest BCUT2D eigenvalue weighted by atomic mass is 16.1. The fraction of sp³-hybridized carbons (Fsp3) is 0.158. The molecule has 0 bridgehead atoms. The van der Waals surface area contributed by atoms with E-state index in [0.29, 0.717) is 12.8 Å². The predicted molar refractivity (Wildman–Crippen MR) is 89.6 cm³/mol. The van der Waals surface area contributed by atoms with Crippen molar-refractivity contribution in [1.82, 2.24) is 10.3 Å². The van der Waals surface area contributed by atoms with Crippen LogP contribution in [0.2, 0.25) is 0 Å². The first-order valence-electron chi connectivity index (χ1n) is 7.57. The van der Waals surface area contributed by atoms with Gasteiger partial charge in [0.1, 0.15) is 6.04 Å². The number of amides is 1. The maximum atomic E-state index is 12.1. The summed E-state index contributed by atoms with van der Waals surface area (Å²) in [4.78, 5) is 15.4. The van der Waals surface area contributed by atoms with Crippen LogP contribution >= 0.6 is 0 Å². The van der Waals surface area contributed by atoms with Gasteiger partial charge in [-0.3, -0.25) is 4.79 Å². The van der Waals surface area contributed by atoms with E-state index >= 15 is 0 Å². The molecular formula is C19H17N3O. The SMILES string of the molecule is N#CC(NC(=O)CCc1c[nH]c2ccccc12)c1ccccc1. The number of nitriles is 1. The van der Waals surface area contributed by atoms with Gasteiger partial charge in [0.2, 0.25) is 5.91 Å². The van der Waals surface area contributed by atoms with E-state index in [4.69, 9.17) is 0 Å². The lowest BCUT2D eigenvalue weighted by atomic mass is 10.1. The van der Waals surface area contributed by atoms with Gasteiger partial charge in [-0.15, -0.1) is 0 Å². The van der Waals surface area contributed by atoms with Crippen molar-refractivity contribution in [2.24, 2.45) is 0 Å². The van der Waals surface area contributed by atoms with Gasteiger partial charge in [0.15, 0.2) is 0 Å². The van der Waals surface area contributed by atoms with Crippen LogP contribution in [-0.2, 0) is 11.2 Å². The molecule has 0 spiro atoms. The summed E-state index contributed by atoms with van der Waals surface area (Å²) in [6.45, 7) is 0. The molecule has 1 atom stereocenters. The second-order valence-corrected chi connectivity index (χ2v) is 5.40. The monoisotopic (exact) mass is 303 g/mol. The molecule has 114 valence electrons.